The zero-order valence-corrected chi connectivity index (χ0v) is 7.17. The van der Waals surface area contributed by atoms with Gasteiger partial charge in [0.15, 0.2) is 0 Å². The van der Waals surface area contributed by atoms with E-state index in [0.29, 0.717) is 11.2 Å². The van der Waals surface area contributed by atoms with E-state index in [9.17, 15) is 0 Å². The Hall–Kier alpha value is -0.570. The summed E-state index contributed by atoms with van der Waals surface area (Å²) in [7, 11) is 1.90. The van der Waals surface area contributed by atoms with Gasteiger partial charge in [-0.1, -0.05) is 6.42 Å². The molecular formula is C7H10ClN3. The van der Waals surface area contributed by atoms with Crippen molar-refractivity contribution in [2.24, 2.45) is 7.05 Å². The highest BCUT2D eigenvalue weighted by Crippen LogP contribution is 2.35. The van der Waals surface area contributed by atoms with Gasteiger partial charge >= 0.3 is 0 Å². The summed E-state index contributed by atoms with van der Waals surface area (Å²) < 4.78 is 1.78. The van der Waals surface area contributed by atoms with Crippen LogP contribution in [0.4, 0.5) is 0 Å². The Kier molecular flexibility index (Phi) is 1.60. The fourth-order valence-electron chi connectivity index (χ4n) is 1.39. The number of halogens is 1. The minimum atomic E-state index is 0.370. The van der Waals surface area contributed by atoms with Gasteiger partial charge in [-0.25, -0.2) is 4.98 Å². The van der Waals surface area contributed by atoms with Crippen molar-refractivity contribution >= 4 is 11.6 Å². The first-order valence-electron chi connectivity index (χ1n) is 3.84. The van der Waals surface area contributed by atoms with Gasteiger partial charge in [-0.2, -0.15) is 0 Å². The van der Waals surface area contributed by atoms with Crippen molar-refractivity contribution in [1.29, 1.82) is 0 Å². The molecule has 0 unspecified atom stereocenters. The lowest BCUT2D eigenvalue weighted by molar-refractivity contribution is 0.388. The molecule has 1 heterocycles. The maximum atomic E-state index is 5.65. The molecule has 1 aliphatic carbocycles. The summed E-state index contributed by atoms with van der Waals surface area (Å²) in [6.45, 7) is 0. The number of rotatable bonds is 1. The van der Waals surface area contributed by atoms with Crippen molar-refractivity contribution < 1.29 is 0 Å². The molecule has 2 rings (SSSR count). The lowest BCUT2D eigenvalue weighted by Gasteiger charge is -2.23. The molecule has 0 aliphatic heterocycles. The molecule has 0 atom stereocenters. The van der Waals surface area contributed by atoms with Crippen LogP contribution in [0.25, 0.3) is 0 Å². The zero-order chi connectivity index (χ0) is 7.84. The van der Waals surface area contributed by atoms with Crippen molar-refractivity contribution in [3.8, 4) is 0 Å². The lowest BCUT2D eigenvalue weighted by atomic mass is 9.85. The van der Waals surface area contributed by atoms with Crippen LogP contribution >= 0.6 is 11.6 Å². The van der Waals surface area contributed by atoms with Crippen LogP contribution in [0.3, 0.4) is 0 Å². The quantitative estimate of drug-likeness (QED) is 0.645. The normalized spacial score (nSPS) is 18.4. The van der Waals surface area contributed by atoms with Crippen molar-refractivity contribution in [1.82, 2.24) is 14.8 Å². The van der Waals surface area contributed by atoms with E-state index >= 15 is 0 Å². The second-order valence-corrected chi connectivity index (χ2v) is 3.33. The molecule has 1 aromatic rings. The van der Waals surface area contributed by atoms with Gasteiger partial charge in [0.05, 0.1) is 0 Å². The topological polar surface area (TPSA) is 30.7 Å². The van der Waals surface area contributed by atoms with Gasteiger partial charge in [-0.3, -0.25) is 4.68 Å². The molecule has 0 aromatic carbocycles. The number of hydrogen-bond acceptors (Lipinski definition) is 2. The molecule has 1 saturated carbocycles. The molecule has 1 aromatic heterocycles. The predicted molar refractivity (Wildman–Crippen MR) is 42.6 cm³/mol. The predicted octanol–water partition coefficient (Wildman–Crippen LogP) is 1.74. The van der Waals surface area contributed by atoms with Crippen LogP contribution in [0, 0.1) is 0 Å². The minimum Gasteiger partial charge on any atom is -0.251 e. The summed E-state index contributed by atoms with van der Waals surface area (Å²) in [5.41, 5.74) is 0. The Labute approximate surface area is 70.4 Å². The Morgan fingerprint density at radius 2 is 2.27 bits per heavy atom. The average Bonchev–Trinajstić information content (AvgIpc) is 2.07. The highest BCUT2D eigenvalue weighted by atomic mass is 35.5. The highest BCUT2D eigenvalue weighted by molar-refractivity contribution is 6.28. The summed E-state index contributed by atoms with van der Waals surface area (Å²) in [5.74, 6) is 1.65. The molecule has 4 heteroatoms. The van der Waals surface area contributed by atoms with Crippen LogP contribution in [0.5, 0.6) is 0 Å². The standard InChI is InChI=1S/C7H10ClN3/c1-11-6(5-3-2-4-5)9-7(8)10-11/h5H,2-4H2,1H3. The third kappa shape index (κ3) is 1.13. The first-order chi connectivity index (χ1) is 5.27. The molecule has 60 valence electrons. The minimum absolute atomic E-state index is 0.370. The van der Waals surface area contributed by atoms with Crippen LogP contribution in [0.15, 0.2) is 0 Å². The second-order valence-electron chi connectivity index (χ2n) is 2.99. The van der Waals surface area contributed by atoms with E-state index in [1.807, 2.05) is 7.05 Å². The average molecular weight is 172 g/mol. The number of hydrogen-bond donors (Lipinski definition) is 0. The van der Waals surface area contributed by atoms with Gasteiger partial charge in [0, 0.05) is 13.0 Å². The van der Waals surface area contributed by atoms with Crippen molar-refractivity contribution in [2.75, 3.05) is 0 Å². The Bertz CT molecular complexity index is 265. The van der Waals surface area contributed by atoms with Crippen LogP contribution < -0.4 is 0 Å². The zero-order valence-electron chi connectivity index (χ0n) is 6.42. The van der Waals surface area contributed by atoms with Crippen molar-refractivity contribution in [3.63, 3.8) is 0 Å². The van der Waals surface area contributed by atoms with E-state index in [-0.39, 0.29) is 0 Å². The Morgan fingerprint density at radius 1 is 1.55 bits per heavy atom. The van der Waals surface area contributed by atoms with Crippen molar-refractivity contribution in [2.45, 2.75) is 25.2 Å². The Morgan fingerprint density at radius 3 is 2.64 bits per heavy atom. The van der Waals surface area contributed by atoms with E-state index in [0.717, 1.165) is 5.82 Å². The van der Waals surface area contributed by atoms with Gasteiger partial charge in [-0.05, 0) is 24.4 Å². The van der Waals surface area contributed by atoms with Gasteiger partial charge in [0.25, 0.3) is 0 Å². The van der Waals surface area contributed by atoms with Crippen LogP contribution in [-0.2, 0) is 7.05 Å². The van der Waals surface area contributed by atoms with Gasteiger partial charge in [-0.15, -0.1) is 5.10 Å². The molecule has 0 radical (unpaired) electrons. The molecule has 0 spiro atoms. The number of aryl methyl sites for hydroxylation is 1. The maximum absolute atomic E-state index is 5.65. The largest absolute Gasteiger partial charge is 0.251 e. The summed E-state index contributed by atoms with van der Waals surface area (Å²) >= 11 is 5.65. The monoisotopic (exact) mass is 171 g/mol. The number of aromatic nitrogens is 3. The third-order valence-electron chi connectivity index (χ3n) is 2.24. The molecule has 1 fully saturated rings. The smallest absolute Gasteiger partial charge is 0.242 e. The van der Waals surface area contributed by atoms with E-state index in [1.165, 1.54) is 19.3 Å². The Balaban J connectivity index is 2.28. The first-order valence-corrected chi connectivity index (χ1v) is 4.21. The molecule has 0 saturated heterocycles. The van der Waals surface area contributed by atoms with E-state index in [1.54, 1.807) is 4.68 Å². The molecular weight excluding hydrogens is 162 g/mol. The van der Waals surface area contributed by atoms with Gasteiger partial charge in [0.2, 0.25) is 5.28 Å². The van der Waals surface area contributed by atoms with Gasteiger partial charge in [0.1, 0.15) is 5.82 Å². The van der Waals surface area contributed by atoms with Crippen LogP contribution in [0.1, 0.15) is 31.0 Å². The third-order valence-corrected chi connectivity index (χ3v) is 2.40. The van der Waals surface area contributed by atoms with Gasteiger partial charge < -0.3 is 0 Å². The fraction of sp³-hybridized carbons (Fsp3) is 0.714. The first kappa shape index (κ1) is 7.10. The molecule has 3 nitrogen and oxygen atoms in total. The summed E-state index contributed by atoms with van der Waals surface area (Å²) in [4.78, 5) is 4.15. The maximum Gasteiger partial charge on any atom is 0.242 e. The van der Waals surface area contributed by atoms with E-state index in [2.05, 4.69) is 10.1 Å². The van der Waals surface area contributed by atoms with Crippen LogP contribution in [-0.4, -0.2) is 14.8 Å². The van der Waals surface area contributed by atoms with Crippen molar-refractivity contribution in [3.05, 3.63) is 11.1 Å². The lowest BCUT2D eigenvalue weighted by Crippen LogP contribution is -2.14. The molecule has 0 bridgehead atoms. The second kappa shape index (κ2) is 2.48. The molecule has 0 amide bonds. The summed E-state index contributed by atoms with van der Waals surface area (Å²) in [6.07, 6.45) is 3.79. The molecule has 0 N–H and O–H groups in total. The number of nitrogens with zero attached hydrogens (tertiary/aromatic N) is 3. The highest BCUT2D eigenvalue weighted by Gasteiger charge is 2.24. The molecule has 11 heavy (non-hydrogen) atoms. The summed E-state index contributed by atoms with van der Waals surface area (Å²) in [5, 5.41) is 4.35. The van der Waals surface area contributed by atoms with E-state index < -0.39 is 0 Å². The fourth-order valence-corrected chi connectivity index (χ4v) is 1.59. The SMILES string of the molecule is Cn1nc(Cl)nc1C1CCC1. The van der Waals surface area contributed by atoms with Crippen LogP contribution in [0.2, 0.25) is 5.28 Å². The van der Waals surface area contributed by atoms with E-state index in [4.69, 9.17) is 11.6 Å². The summed E-state index contributed by atoms with van der Waals surface area (Å²) in [6, 6.07) is 0. The molecule has 1 aliphatic rings.